The van der Waals surface area contributed by atoms with Crippen molar-refractivity contribution in [3.05, 3.63) is 0 Å². The van der Waals surface area contributed by atoms with Crippen molar-refractivity contribution in [2.75, 3.05) is 13.1 Å². The fraction of sp³-hybridized carbons (Fsp3) is 0.818. The van der Waals surface area contributed by atoms with E-state index in [-0.39, 0.29) is 24.0 Å². The van der Waals surface area contributed by atoms with Gasteiger partial charge in [-0.25, -0.2) is 4.79 Å². The Balaban J connectivity index is 2.65. The van der Waals surface area contributed by atoms with E-state index in [1.165, 1.54) is 11.8 Å². The van der Waals surface area contributed by atoms with Crippen LogP contribution in [0, 0.1) is 0 Å². The van der Waals surface area contributed by atoms with Gasteiger partial charge in [-0.2, -0.15) is 0 Å². The van der Waals surface area contributed by atoms with Crippen LogP contribution in [-0.4, -0.2) is 42.0 Å². The second-order valence-electron chi connectivity index (χ2n) is 4.47. The molecule has 1 fully saturated rings. The Labute approximate surface area is 96.6 Å². The van der Waals surface area contributed by atoms with Crippen molar-refractivity contribution in [2.45, 2.75) is 45.7 Å². The van der Waals surface area contributed by atoms with Crippen LogP contribution in [0.25, 0.3) is 0 Å². The number of hydrogen-bond acceptors (Lipinski definition) is 3. The van der Waals surface area contributed by atoms with Crippen LogP contribution in [0.1, 0.15) is 33.6 Å². The van der Waals surface area contributed by atoms with Crippen LogP contribution in [0.2, 0.25) is 0 Å². The van der Waals surface area contributed by atoms with Gasteiger partial charge in [-0.15, -0.1) is 0 Å². The number of piperidine rings is 1. The van der Waals surface area contributed by atoms with Gasteiger partial charge in [0.05, 0.1) is 0 Å². The van der Waals surface area contributed by atoms with Crippen LogP contribution in [-0.2, 0) is 4.79 Å². The minimum atomic E-state index is -0.269. The number of rotatable bonds is 2. The molecule has 0 atom stereocenters. The van der Waals surface area contributed by atoms with Crippen molar-refractivity contribution >= 4 is 11.9 Å². The molecule has 0 aromatic heterocycles. The smallest absolute Gasteiger partial charge is 0.324 e. The number of imide groups is 1. The number of nitrogens with one attached hydrogen (secondary N) is 2. The van der Waals surface area contributed by atoms with E-state index in [4.69, 9.17) is 0 Å². The summed E-state index contributed by atoms with van der Waals surface area (Å²) in [6.07, 6.45) is 1.68. The molecule has 0 aromatic carbocycles. The minimum absolute atomic E-state index is 0.0394. The van der Waals surface area contributed by atoms with Gasteiger partial charge in [-0.3, -0.25) is 9.69 Å². The summed E-state index contributed by atoms with van der Waals surface area (Å²) in [6, 6.07) is -0.178. The van der Waals surface area contributed by atoms with Gasteiger partial charge in [-0.1, -0.05) is 0 Å². The number of hydrogen-bond donors (Lipinski definition) is 2. The first kappa shape index (κ1) is 13.0. The molecule has 16 heavy (non-hydrogen) atoms. The highest BCUT2D eigenvalue weighted by atomic mass is 16.2. The molecule has 1 aliphatic heterocycles. The number of carbonyl (C=O) groups excluding carboxylic acids is 2. The van der Waals surface area contributed by atoms with Crippen LogP contribution >= 0.6 is 0 Å². The van der Waals surface area contributed by atoms with E-state index >= 15 is 0 Å². The summed E-state index contributed by atoms with van der Waals surface area (Å²) in [4.78, 5) is 24.7. The maximum absolute atomic E-state index is 11.9. The summed E-state index contributed by atoms with van der Waals surface area (Å²) < 4.78 is 0. The Bertz CT molecular complexity index is 260. The number of urea groups is 1. The van der Waals surface area contributed by atoms with E-state index in [1.807, 2.05) is 13.8 Å². The lowest BCUT2D eigenvalue weighted by atomic mass is 10.1. The van der Waals surface area contributed by atoms with Crippen LogP contribution in [0.4, 0.5) is 4.79 Å². The maximum Gasteiger partial charge on any atom is 0.324 e. The molecule has 1 aliphatic rings. The van der Waals surface area contributed by atoms with Gasteiger partial charge in [0, 0.05) is 19.0 Å². The third kappa shape index (κ3) is 3.48. The van der Waals surface area contributed by atoms with E-state index in [1.54, 1.807) is 0 Å². The second-order valence-corrected chi connectivity index (χ2v) is 4.47. The molecular weight excluding hydrogens is 206 g/mol. The Morgan fingerprint density at radius 3 is 2.31 bits per heavy atom. The van der Waals surface area contributed by atoms with Gasteiger partial charge in [-0.05, 0) is 39.8 Å². The molecule has 0 radical (unpaired) electrons. The molecule has 3 amide bonds. The molecule has 0 bridgehead atoms. The third-order valence-electron chi connectivity index (χ3n) is 2.64. The normalized spacial score (nSPS) is 17.2. The highest BCUT2D eigenvalue weighted by Crippen LogP contribution is 2.12. The van der Waals surface area contributed by atoms with Crippen LogP contribution in [0.15, 0.2) is 0 Å². The van der Waals surface area contributed by atoms with E-state index in [0.717, 1.165) is 25.9 Å². The predicted octanol–water partition coefficient (Wildman–Crippen LogP) is 0.705. The Kier molecular flexibility index (Phi) is 4.73. The van der Waals surface area contributed by atoms with Crippen LogP contribution in [0.5, 0.6) is 0 Å². The zero-order valence-electron chi connectivity index (χ0n) is 10.2. The standard InChI is InChI=1S/C11H21N3O2/c1-8(2)13-11(16)14(9(3)15)10-4-6-12-7-5-10/h8,10,12H,4-7H2,1-3H3,(H,13,16). The lowest BCUT2D eigenvalue weighted by molar-refractivity contribution is -0.128. The summed E-state index contributed by atoms with van der Waals surface area (Å²) in [6.45, 7) is 6.95. The molecule has 92 valence electrons. The average molecular weight is 227 g/mol. The Hall–Kier alpha value is -1.10. The zero-order chi connectivity index (χ0) is 12.1. The van der Waals surface area contributed by atoms with Gasteiger partial charge < -0.3 is 10.6 Å². The Morgan fingerprint density at radius 2 is 1.88 bits per heavy atom. The number of amides is 3. The fourth-order valence-electron chi connectivity index (χ4n) is 1.95. The molecule has 0 spiro atoms. The lowest BCUT2D eigenvalue weighted by Crippen LogP contribution is -2.53. The summed E-state index contributed by atoms with van der Waals surface area (Å²) in [7, 11) is 0. The minimum Gasteiger partial charge on any atom is -0.335 e. The molecule has 5 nitrogen and oxygen atoms in total. The predicted molar refractivity (Wildman–Crippen MR) is 62.1 cm³/mol. The van der Waals surface area contributed by atoms with Crippen molar-refractivity contribution in [1.29, 1.82) is 0 Å². The Morgan fingerprint density at radius 1 is 1.31 bits per heavy atom. The molecule has 1 rings (SSSR count). The summed E-state index contributed by atoms with van der Waals surface area (Å²) >= 11 is 0. The fourth-order valence-corrected chi connectivity index (χ4v) is 1.95. The van der Waals surface area contributed by atoms with Crippen LogP contribution < -0.4 is 10.6 Å². The molecule has 5 heteroatoms. The van der Waals surface area contributed by atoms with Crippen molar-refractivity contribution in [3.8, 4) is 0 Å². The molecular formula is C11H21N3O2. The largest absolute Gasteiger partial charge is 0.335 e. The molecule has 0 saturated carbocycles. The first-order valence-electron chi connectivity index (χ1n) is 5.83. The van der Waals surface area contributed by atoms with Gasteiger partial charge in [0.25, 0.3) is 0 Å². The molecule has 0 aliphatic carbocycles. The molecule has 1 heterocycles. The van der Waals surface area contributed by atoms with Gasteiger partial charge in [0.2, 0.25) is 5.91 Å². The number of carbonyl (C=O) groups is 2. The highest BCUT2D eigenvalue weighted by Gasteiger charge is 2.28. The third-order valence-corrected chi connectivity index (χ3v) is 2.64. The molecule has 0 aromatic rings. The lowest BCUT2D eigenvalue weighted by Gasteiger charge is -2.32. The SMILES string of the molecule is CC(=O)N(C(=O)NC(C)C)C1CCNCC1. The van der Waals surface area contributed by atoms with Crippen molar-refractivity contribution in [2.24, 2.45) is 0 Å². The van der Waals surface area contributed by atoms with Gasteiger partial charge in [0.1, 0.15) is 0 Å². The van der Waals surface area contributed by atoms with Crippen molar-refractivity contribution in [3.63, 3.8) is 0 Å². The van der Waals surface area contributed by atoms with E-state index < -0.39 is 0 Å². The summed E-state index contributed by atoms with van der Waals surface area (Å²) in [5.41, 5.74) is 0. The second kappa shape index (κ2) is 5.84. The van der Waals surface area contributed by atoms with Gasteiger partial charge >= 0.3 is 6.03 Å². The van der Waals surface area contributed by atoms with Crippen LogP contribution in [0.3, 0.4) is 0 Å². The van der Waals surface area contributed by atoms with E-state index in [9.17, 15) is 9.59 Å². The maximum atomic E-state index is 11.9. The summed E-state index contributed by atoms with van der Waals surface area (Å²) in [5.74, 6) is -0.176. The molecule has 1 saturated heterocycles. The zero-order valence-corrected chi connectivity index (χ0v) is 10.2. The highest BCUT2D eigenvalue weighted by molar-refractivity contribution is 5.93. The van der Waals surface area contributed by atoms with Gasteiger partial charge in [0.15, 0.2) is 0 Å². The molecule has 0 unspecified atom stereocenters. The topological polar surface area (TPSA) is 61.4 Å². The number of nitrogens with zero attached hydrogens (tertiary/aromatic N) is 1. The van der Waals surface area contributed by atoms with Crippen molar-refractivity contribution < 1.29 is 9.59 Å². The van der Waals surface area contributed by atoms with E-state index in [2.05, 4.69) is 10.6 Å². The van der Waals surface area contributed by atoms with E-state index in [0.29, 0.717) is 0 Å². The molecule has 2 N–H and O–H groups in total. The first-order chi connectivity index (χ1) is 7.52. The summed E-state index contributed by atoms with van der Waals surface area (Å²) in [5, 5.41) is 5.99. The monoisotopic (exact) mass is 227 g/mol. The van der Waals surface area contributed by atoms with Crippen molar-refractivity contribution in [1.82, 2.24) is 15.5 Å². The quantitative estimate of drug-likeness (QED) is 0.730. The first-order valence-corrected chi connectivity index (χ1v) is 5.83. The average Bonchev–Trinajstić information content (AvgIpc) is 2.17.